The summed E-state index contributed by atoms with van der Waals surface area (Å²) >= 11 is 0. The summed E-state index contributed by atoms with van der Waals surface area (Å²) in [6, 6.07) is 11.9. The van der Waals surface area contributed by atoms with E-state index in [9.17, 15) is 5.11 Å². The number of aromatic nitrogens is 2. The molecule has 5 nitrogen and oxygen atoms in total. The number of para-hydroxylation sites is 1. The van der Waals surface area contributed by atoms with Crippen LogP contribution >= 0.6 is 0 Å². The van der Waals surface area contributed by atoms with E-state index in [1.165, 1.54) is 11.1 Å². The molecular weight excluding hydrogens is 316 g/mol. The molecule has 1 aromatic heterocycles. The zero-order valence-corrected chi connectivity index (χ0v) is 14.9. The van der Waals surface area contributed by atoms with Crippen molar-refractivity contribution in [3.05, 3.63) is 59.4 Å². The lowest BCUT2D eigenvalue weighted by Crippen LogP contribution is -2.21. The van der Waals surface area contributed by atoms with Crippen molar-refractivity contribution in [2.24, 2.45) is 0 Å². The Morgan fingerprint density at radius 3 is 2.72 bits per heavy atom. The quantitative estimate of drug-likeness (QED) is 0.717. The first-order valence-electron chi connectivity index (χ1n) is 8.38. The fourth-order valence-corrected chi connectivity index (χ4v) is 2.87. The van der Waals surface area contributed by atoms with Gasteiger partial charge in [0.05, 0.1) is 50.3 Å². The van der Waals surface area contributed by atoms with Gasteiger partial charge in [-0.1, -0.05) is 18.2 Å². The number of nitrogens with zero attached hydrogens (tertiary/aromatic N) is 2. The molecule has 0 amide bonds. The summed E-state index contributed by atoms with van der Waals surface area (Å²) in [7, 11) is 1.64. The van der Waals surface area contributed by atoms with Crippen molar-refractivity contribution in [1.82, 2.24) is 9.55 Å². The second-order valence-corrected chi connectivity index (χ2v) is 6.30. The average molecular weight is 340 g/mol. The third-order valence-electron chi connectivity index (χ3n) is 4.40. The van der Waals surface area contributed by atoms with E-state index in [1.807, 2.05) is 28.8 Å². The van der Waals surface area contributed by atoms with E-state index in [-0.39, 0.29) is 6.61 Å². The van der Waals surface area contributed by atoms with E-state index in [4.69, 9.17) is 9.47 Å². The Morgan fingerprint density at radius 1 is 1.16 bits per heavy atom. The zero-order valence-electron chi connectivity index (χ0n) is 14.9. The summed E-state index contributed by atoms with van der Waals surface area (Å²) in [6.07, 6.45) is 1.17. The van der Waals surface area contributed by atoms with Crippen LogP contribution in [-0.4, -0.2) is 34.5 Å². The molecule has 0 aliphatic carbocycles. The van der Waals surface area contributed by atoms with Gasteiger partial charge in [-0.2, -0.15) is 0 Å². The third kappa shape index (κ3) is 4.00. The van der Waals surface area contributed by atoms with E-state index in [0.29, 0.717) is 13.2 Å². The Hall–Kier alpha value is -2.37. The molecule has 1 heterocycles. The molecule has 1 atom stereocenters. The fraction of sp³-hybridized carbons (Fsp3) is 0.350. The lowest BCUT2D eigenvalue weighted by atomic mass is 10.1. The first-order valence-corrected chi connectivity index (χ1v) is 8.38. The number of methoxy groups -OCH3 is 1. The number of rotatable bonds is 7. The number of aliphatic hydroxyl groups excluding tert-OH is 1. The van der Waals surface area contributed by atoms with Crippen LogP contribution in [0, 0.1) is 13.8 Å². The predicted octanol–water partition coefficient (Wildman–Crippen LogP) is 3.24. The lowest BCUT2D eigenvalue weighted by molar-refractivity contribution is 0.0203. The van der Waals surface area contributed by atoms with Crippen LogP contribution in [0.3, 0.4) is 0 Å². The van der Waals surface area contributed by atoms with Gasteiger partial charge in [0.2, 0.25) is 0 Å². The van der Waals surface area contributed by atoms with Gasteiger partial charge in [0.25, 0.3) is 0 Å². The van der Waals surface area contributed by atoms with Crippen LogP contribution in [0.25, 0.3) is 11.0 Å². The normalized spacial score (nSPS) is 12.5. The van der Waals surface area contributed by atoms with Crippen LogP contribution in [0.4, 0.5) is 0 Å². The minimum absolute atomic E-state index is 0.253. The molecule has 0 aliphatic rings. The molecule has 0 radical (unpaired) electrons. The van der Waals surface area contributed by atoms with Crippen molar-refractivity contribution in [3.63, 3.8) is 0 Å². The maximum Gasteiger partial charge on any atom is 0.124 e. The number of fused-ring (bicyclic) bond motifs is 1. The largest absolute Gasteiger partial charge is 0.496 e. The van der Waals surface area contributed by atoms with Crippen molar-refractivity contribution < 1.29 is 14.6 Å². The van der Waals surface area contributed by atoms with Crippen LogP contribution in [0.15, 0.2) is 42.7 Å². The molecule has 0 fully saturated rings. The smallest absolute Gasteiger partial charge is 0.124 e. The first kappa shape index (κ1) is 17.5. The highest BCUT2D eigenvalue weighted by atomic mass is 16.5. The van der Waals surface area contributed by atoms with Gasteiger partial charge in [0, 0.05) is 5.56 Å². The van der Waals surface area contributed by atoms with E-state index in [2.05, 4.69) is 31.0 Å². The second kappa shape index (κ2) is 7.68. The number of hydrogen-bond donors (Lipinski definition) is 1. The molecule has 0 saturated carbocycles. The standard InChI is InChI=1S/C20H24N2O3/c1-14-8-18-19(9-15(14)2)22(13-21-18)10-17(23)12-25-11-16-6-4-5-7-20(16)24-3/h4-9,13,17,23H,10-12H2,1-3H3/t17-/m0/s1. The number of benzene rings is 2. The molecule has 0 unspecified atom stereocenters. The van der Waals surface area contributed by atoms with E-state index >= 15 is 0 Å². The van der Waals surface area contributed by atoms with E-state index in [0.717, 1.165) is 22.3 Å². The van der Waals surface area contributed by atoms with Gasteiger partial charge < -0.3 is 19.1 Å². The Balaban J connectivity index is 1.59. The number of aliphatic hydroxyl groups is 1. The molecule has 3 rings (SSSR count). The Kier molecular flexibility index (Phi) is 5.36. The van der Waals surface area contributed by atoms with Gasteiger partial charge in [0.1, 0.15) is 5.75 Å². The maximum absolute atomic E-state index is 10.3. The second-order valence-electron chi connectivity index (χ2n) is 6.30. The summed E-state index contributed by atoms with van der Waals surface area (Å²) in [5.41, 5.74) is 5.39. The first-order chi connectivity index (χ1) is 12.1. The Bertz CT molecular complexity index is 857. The number of ether oxygens (including phenoxy) is 2. The molecule has 25 heavy (non-hydrogen) atoms. The molecule has 0 aliphatic heterocycles. The molecule has 1 N–H and O–H groups in total. The molecule has 0 bridgehead atoms. The maximum atomic E-state index is 10.3. The predicted molar refractivity (Wildman–Crippen MR) is 97.9 cm³/mol. The van der Waals surface area contributed by atoms with E-state index in [1.54, 1.807) is 13.4 Å². The number of imidazole rings is 1. The third-order valence-corrected chi connectivity index (χ3v) is 4.40. The SMILES string of the molecule is COc1ccccc1COC[C@@H](O)Cn1cnc2cc(C)c(C)cc21. The summed E-state index contributed by atoms with van der Waals surface area (Å²) in [4.78, 5) is 4.42. The molecular formula is C20H24N2O3. The van der Waals surface area contributed by atoms with Crippen molar-refractivity contribution >= 4 is 11.0 Å². The minimum atomic E-state index is -0.603. The summed E-state index contributed by atoms with van der Waals surface area (Å²) in [5.74, 6) is 0.795. The monoisotopic (exact) mass is 340 g/mol. The van der Waals surface area contributed by atoms with E-state index < -0.39 is 6.10 Å². The van der Waals surface area contributed by atoms with Gasteiger partial charge >= 0.3 is 0 Å². The van der Waals surface area contributed by atoms with Crippen LogP contribution in [-0.2, 0) is 17.9 Å². The van der Waals surface area contributed by atoms with Crippen LogP contribution in [0.2, 0.25) is 0 Å². The van der Waals surface area contributed by atoms with Gasteiger partial charge in [-0.25, -0.2) is 4.98 Å². The fourth-order valence-electron chi connectivity index (χ4n) is 2.87. The summed E-state index contributed by atoms with van der Waals surface area (Å²) in [6.45, 7) is 5.27. The highest BCUT2D eigenvalue weighted by Crippen LogP contribution is 2.20. The molecule has 3 aromatic rings. The topological polar surface area (TPSA) is 56.5 Å². The zero-order chi connectivity index (χ0) is 17.8. The van der Waals surface area contributed by atoms with Gasteiger partial charge in [-0.05, 0) is 43.2 Å². The molecule has 2 aromatic carbocycles. The Morgan fingerprint density at radius 2 is 1.92 bits per heavy atom. The summed E-state index contributed by atoms with van der Waals surface area (Å²) in [5, 5.41) is 10.3. The van der Waals surface area contributed by atoms with Crippen molar-refractivity contribution in [2.75, 3.05) is 13.7 Å². The molecule has 5 heteroatoms. The van der Waals surface area contributed by atoms with Crippen molar-refractivity contribution in [3.8, 4) is 5.75 Å². The van der Waals surface area contributed by atoms with Crippen LogP contribution in [0.5, 0.6) is 5.75 Å². The van der Waals surface area contributed by atoms with Gasteiger partial charge in [0.15, 0.2) is 0 Å². The summed E-state index contributed by atoms with van der Waals surface area (Å²) < 4.78 is 12.9. The molecule has 0 saturated heterocycles. The van der Waals surface area contributed by atoms with Gasteiger partial charge in [-0.15, -0.1) is 0 Å². The van der Waals surface area contributed by atoms with Crippen molar-refractivity contribution in [2.45, 2.75) is 33.1 Å². The number of hydrogen-bond acceptors (Lipinski definition) is 4. The molecule has 0 spiro atoms. The highest BCUT2D eigenvalue weighted by molar-refractivity contribution is 5.77. The lowest BCUT2D eigenvalue weighted by Gasteiger charge is -2.14. The van der Waals surface area contributed by atoms with Crippen LogP contribution in [0.1, 0.15) is 16.7 Å². The van der Waals surface area contributed by atoms with Gasteiger partial charge in [-0.3, -0.25) is 0 Å². The minimum Gasteiger partial charge on any atom is -0.496 e. The Labute approximate surface area is 147 Å². The van der Waals surface area contributed by atoms with Crippen molar-refractivity contribution in [1.29, 1.82) is 0 Å². The number of aryl methyl sites for hydroxylation is 2. The highest BCUT2D eigenvalue weighted by Gasteiger charge is 2.11. The average Bonchev–Trinajstić information content (AvgIpc) is 2.97. The molecule has 132 valence electrons. The van der Waals surface area contributed by atoms with Crippen LogP contribution < -0.4 is 4.74 Å².